The third-order valence-electron chi connectivity index (χ3n) is 3.23. The van der Waals surface area contributed by atoms with Gasteiger partial charge < -0.3 is 59.5 Å². The minimum atomic E-state index is 0. The Morgan fingerprint density at radius 2 is 0.895 bits per heavy atom. The number of thiocarbonyl (C=S) groups is 2. The summed E-state index contributed by atoms with van der Waals surface area (Å²) in [4.78, 5) is 4.21. The topological polar surface area (TPSA) is 6.48 Å². The molecular weight excluding hydrogens is 340 g/mol. The number of piperidine rings is 2. The zero-order chi connectivity index (χ0) is 13.4. The minimum Gasteiger partial charge on any atom is -0.411 e. The van der Waals surface area contributed by atoms with Crippen LogP contribution in [0, 0.1) is 0 Å². The molecule has 0 atom stereocenters. The summed E-state index contributed by atoms with van der Waals surface area (Å²) in [6.07, 6.45) is 7.73. The summed E-state index contributed by atoms with van der Waals surface area (Å²) in [7, 11) is 0. The molecule has 2 rings (SSSR count). The third kappa shape index (κ3) is 9.17. The van der Waals surface area contributed by atoms with Gasteiger partial charge in [-0.15, -0.1) is 0 Å². The molecule has 0 aliphatic carbocycles. The van der Waals surface area contributed by atoms with E-state index in [1.54, 1.807) is 0 Å². The molecule has 7 heteroatoms. The number of hydrogen-bond acceptors (Lipinski definition) is 4. The Kier molecular flexibility index (Phi) is 13.0. The van der Waals surface area contributed by atoms with Crippen LogP contribution in [0.3, 0.4) is 0 Å². The van der Waals surface area contributed by atoms with E-state index in [1.807, 2.05) is 0 Å². The van der Waals surface area contributed by atoms with Crippen LogP contribution in [0.4, 0.5) is 0 Å². The molecule has 0 bridgehead atoms. The van der Waals surface area contributed by atoms with Gasteiger partial charge in [0, 0.05) is 26.2 Å². The van der Waals surface area contributed by atoms with Gasteiger partial charge in [-0.1, -0.05) is 8.64 Å². The fraction of sp³-hybridized carbons (Fsp3) is 0.833. The van der Waals surface area contributed by atoms with Crippen molar-refractivity contribution in [2.45, 2.75) is 38.5 Å². The maximum Gasteiger partial charge on any atom is 2.00 e. The number of rotatable bonds is 0. The Bertz CT molecular complexity index is 249. The first-order valence-corrected chi connectivity index (χ1v) is 8.16. The normalized spacial score (nSPS) is 18.7. The van der Waals surface area contributed by atoms with Gasteiger partial charge in [0.15, 0.2) is 0 Å². The second-order valence-electron chi connectivity index (χ2n) is 4.63. The summed E-state index contributed by atoms with van der Waals surface area (Å²) in [6.45, 7) is 4.34. The third-order valence-corrected chi connectivity index (χ3v) is 4.26. The molecule has 0 saturated carbocycles. The Hall–Kier alpha value is 1.48. The van der Waals surface area contributed by atoms with Crippen LogP contribution in [0.2, 0.25) is 0 Å². The van der Waals surface area contributed by atoms with Crippen LogP contribution in [-0.2, 0) is 25.3 Å². The Morgan fingerprint density at radius 1 is 0.632 bits per heavy atom. The van der Waals surface area contributed by atoms with E-state index in [1.165, 1.54) is 38.5 Å². The van der Waals surface area contributed by atoms with Gasteiger partial charge in [0.1, 0.15) is 0 Å². The Labute approximate surface area is 168 Å². The first kappa shape index (κ1) is 20.5. The van der Waals surface area contributed by atoms with Crippen LogP contribution in [0.1, 0.15) is 38.5 Å². The monoisotopic (exact) mass is 360 g/mol. The summed E-state index contributed by atoms with van der Waals surface area (Å²) in [5.41, 5.74) is 0. The second kappa shape index (κ2) is 12.1. The van der Waals surface area contributed by atoms with Crippen molar-refractivity contribution in [1.82, 2.24) is 9.80 Å². The van der Waals surface area contributed by atoms with Gasteiger partial charge in [-0.3, -0.25) is 0 Å². The van der Waals surface area contributed by atoms with E-state index >= 15 is 0 Å². The molecule has 2 saturated heterocycles. The molecule has 0 aromatic heterocycles. The first-order chi connectivity index (χ1) is 8.61. The first-order valence-electron chi connectivity index (χ1n) is 6.53. The van der Waals surface area contributed by atoms with Gasteiger partial charge in [0.2, 0.25) is 0 Å². The fourth-order valence-corrected chi connectivity index (χ4v) is 2.88. The van der Waals surface area contributed by atoms with Crippen LogP contribution in [0.15, 0.2) is 0 Å². The molecule has 19 heavy (non-hydrogen) atoms. The summed E-state index contributed by atoms with van der Waals surface area (Å²) >= 11 is 19.4. The molecule has 0 aromatic rings. The average molecular weight is 361 g/mol. The minimum absolute atomic E-state index is 0. The molecule has 2 fully saturated rings. The van der Waals surface area contributed by atoms with E-state index in [0.717, 1.165) is 26.2 Å². The van der Waals surface area contributed by atoms with Crippen molar-refractivity contribution in [3.8, 4) is 0 Å². The molecule has 0 radical (unpaired) electrons. The average Bonchev–Trinajstić information content (AvgIpc) is 2.41. The van der Waals surface area contributed by atoms with Gasteiger partial charge in [-0.2, -0.15) is 0 Å². The fourth-order valence-electron chi connectivity index (χ4n) is 2.15. The maximum atomic E-state index is 4.86. The van der Waals surface area contributed by atoms with Crippen LogP contribution in [-0.4, -0.2) is 82.4 Å². The van der Waals surface area contributed by atoms with E-state index in [9.17, 15) is 0 Å². The Balaban J connectivity index is 0.000000324. The van der Waals surface area contributed by atoms with Crippen molar-refractivity contribution in [2.75, 3.05) is 26.2 Å². The smallest absolute Gasteiger partial charge is 0.411 e. The van der Waals surface area contributed by atoms with Crippen molar-refractivity contribution in [3.05, 3.63) is 0 Å². The number of hydrogen-bond donors (Lipinski definition) is 0. The van der Waals surface area contributed by atoms with Crippen LogP contribution < -0.4 is 0 Å². The van der Waals surface area contributed by atoms with Crippen LogP contribution >= 0.6 is 24.4 Å². The van der Waals surface area contributed by atoms with E-state index in [-0.39, 0.29) is 37.7 Å². The molecule has 0 unspecified atom stereocenters. The van der Waals surface area contributed by atoms with E-state index in [4.69, 9.17) is 49.7 Å². The van der Waals surface area contributed by atoms with Gasteiger partial charge in [0.05, 0.1) is 0 Å². The molecule has 2 nitrogen and oxygen atoms in total. The predicted octanol–water partition coefficient (Wildman–Crippen LogP) is 2.23. The van der Waals surface area contributed by atoms with Gasteiger partial charge in [-0.05, 0) is 38.5 Å². The SMILES string of the molecule is S=C([S-])N1CCCCC1.S=C([S-])N1CCCCC1.[Ca+2]. The van der Waals surface area contributed by atoms with E-state index in [0.29, 0.717) is 8.64 Å². The van der Waals surface area contributed by atoms with Crippen molar-refractivity contribution < 1.29 is 0 Å². The van der Waals surface area contributed by atoms with Crippen LogP contribution in [0.25, 0.3) is 0 Å². The number of nitrogens with zero attached hydrogens (tertiary/aromatic N) is 2. The van der Waals surface area contributed by atoms with Crippen molar-refractivity contribution in [2.24, 2.45) is 0 Å². The molecule has 0 amide bonds. The zero-order valence-corrected chi connectivity index (χ0v) is 16.8. The second-order valence-corrected chi connectivity index (χ2v) is 6.69. The standard InChI is InChI=1S/2C6H11NS2.Ca/c2*8-6(9)7-4-2-1-3-5-7;/h2*1-5H2,(H,8,9);/q;;+2/p-2. The Morgan fingerprint density at radius 3 is 1.05 bits per heavy atom. The largest absolute Gasteiger partial charge is 2.00 e. The quantitative estimate of drug-likeness (QED) is 0.369. The van der Waals surface area contributed by atoms with Crippen LogP contribution in [0.5, 0.6) is 0 Å². The summed E-state index contributed by atoms with van der Waals surface area (Å²) in [6, 6.07) is 0. The molecule has 0 spiro atoms. The molecule has 2 aliphatic heterocycles. The molecular formula is C12H20CaN2S4. The molecule has 104 valence electrons. The number of likely N-dealkylation sites (tertiary alicyclic amines) is 2. The van der Waals surface area contributed by atoms with Crippen molar-refractivity contribution >= 4 is 96.1 Å². The predicted molar refractivity (Wildman–Crippen MR) is 96.5 cm³/mol. The van der Waals surface area contributed by atoms with Crippen molar-refractivity contribution in [1.29, 1.82) is 0 Å². The van der Waals surface area contributed by atoms with Gasteiger partial charge in [0.25, 0.3) is 0 Å². The summed E-state index contributed by atoms with van der Waals surface area (Å²) in [5, 5.41) is 0. The zero-order valence-electron chi connectivity index (χ0n) is 11.3. The van der Waals surface area contributed by atoms with E-state index < -0.39 is 0 Å². The van der Waals surface area contributed by atoms with Crippen molar-refractivity contribution in [3.63, 3.8) is 0 Å². The molecule has 2 heterocycles. The molecule has 2 aliphatic rings. The van der Waals surface area contributed by atoms with Gasteiger partial charge >= 0.3 is 37.7 Å². The molecule has 0 aromatic carbocycles. The maximum absolute atomic E-state index is 4.86. The molecule has 0 N–H and O–H groups in total. The van der Waals surface area contributed by atoms with Gasteiger partial charge in [-0.25, -0.2) is 0 Å². The summed E-state index contributed by atoms with van der Waals surface area (Å²) in [5.74, 6) is 0. The summed E-state index contributed by atoms with van der Waals surface area (Å²) < 4.78 is 1.30. The van der Waals surface area contributed by atoms with E-state index in [2.05, 4.69) is 9.80 Å².